The first-order valence-electron chi connectivity index (χ1n) is 3.50. The van der Waals surface area contributed by atoms with Gasteiger partial charge in [-0.15, -0.1) is 0 Å². The van der Waals surface area contributed by atoms with Gasteiger partial charge in [-0.2, -0.15) is 11.3 Å². The van der Waals surface area contributed by atoms with Crippen molar-refractivity contribution in [2.75, 3.05) is 0 Å². The largest absolute Gasteiger partial charge is 0.264 e. The highest BCUT2D eigenvalue weighted by atomic mass is 35.5. The van der Waals surface area contributed by atoms with Crippen LogP contribution >= 0.6 is 22.9 Å². The molecule has 0 unspecified atom stereocenters. The average molecular weight is 196 g/mol. The third-order valence-corrected chi connectivity index (χ3v) is 2.61. The second kappa shape index (κ2) is 3.25. The molecule has 0 amide bonds. The van der Waals surface area contributed by atoms with E-state index >= 15 is 0 Å². The molecule has 0 saturated heterocycles. The number of aromatic nitrogens is 1. The molecule has 0 spiro atoms. The van der Waals surface area contributed by atoms with Crippen molar-refractivity contribution in [1.82, 2.24) is 4.98 Å². The van der Waals surface area contributed by atoms with E-state index in [0.29, 0.717) is 0 Å². The fourth-order valence-corrected chi connectivity index (χ4v) is 1.88. The van der Waals surface area contributed by atoms with Gasteiger partial charge in [-0.1, -0.05) is 11.6 Å². The van der Waals surface area contributed by atoms with Crippen molar-refractivity contribution >= 4 is 22.9 Å². The molecule has 2 heterocycles. The number of rotatable bonds is 1. The summed E-state index contributed by atoms with van der Waals surface area (Å²) in [6, 6.07) is 3.84. The molecule has 0 saturated carbocycles. The highest BCUT2D eigenvalue weighted by Crippen LogP contribution is 2.27. The van der Waals surface area contributed by atoms with E-state index < -0.39 is 0 Å². The Balaban J connectivity index is 2.55. The second-order valence-corrected chi connectivity index (χ2v) is 3.55. The van der Waals surface area contributed by atoms with Gasteiger partial charge < -0.3 is 0 Å². The number of nitrogens with zero attached hydrogens (tertiary/aromatic N) is 1. The molecule has 2 rings (SSSR count). The molecular weight excluding hydrogens is 190 g/mol. The molecule has 0 fully saturated rings. The number of pyridine rings is 1. The quantitative estimate of drug-likeness (QED) is 0.679. The summed E-state index contributed by atoms with van der Waals surface area (Å²) < 4.78 is 0. The van der Waals surface area contributed by atoms with Crippen molar-refractivity contribution in [1.29, 1.82) is 0 Å². The predicted octanol–water partition coefficient (Wildman–Crippen LogP) is 3.46. The van der Waals surface area contributed by atoms with Crippen LogP contribution in [-0.2, 0) is 0 Å². The summed E-state index contributed by atoms with van der Waals surface area (Å²) in [5.74, 6) is 0. The summed E-state index contributed by atoms with van der Waals surface area (Å²) >= 11 is 7.64. The Hall–Kier alpha value is -0.860. The van der Waals surface area contributed by atoms with Crippen LogP contribution in [0.1, 0.15) is 0 Å². The Bertz CT molecular complexity index is 370. The molecule has 0 aromatic carbocycles. The van der Waals surface area contributed by atoms with Crippen LogP contribution < -0.4 is 0 Å². The highest BCUT2D eigenvalue weighted by molar-refractivity contribution is 7.08. The predicted molar refractivity (Wildman–Crippen MR) is 52.6 cm³/mol. The van der Waals surface area contributed by atoms with Crippen LogP contribution in [0.15, 0.2) is 35.3 Å². The Kier molecular flexibility index (Phi) is 2.11. The van der Waals surface area contributed by atoms with E-state index in [9.17, 15) is 0 Å². The fraction of sp³-hybridized carbons (Fsp3) is 0. The smallest absolute Gasteiger partial charge is 0.0515 e. The first-order chi connectivity index (χ1) is 5.88. The summed E-state index contributed by atoms with van der Waals surface area (Å²) in [5.41, 5.74) is 2.14. The van der Waals surface area contributed by atoms with Gasteiger partial charge in [0.05, 0.1) is 5.02 Å². The standard InChI is InChI=1S/C9H6ClNS/c10-9-1-3-11-5-8(9)7-2-4-12-6-7/h1-6H. The molecule has 0 radical (unpaired) electrons. The maximum absolute atomic E-state index is 5.98. The molecule has 12 heavy (non-hydrogen) atoms. The van der Waals surface area contributed by atoms with Gasteiger partial charge in [-0.3, -0.25) is 4.98 Å². The lowest BCUT2D eigenvalue weighted by molar-refractivity contribution is 1.33. The molecule has 2 aromatic rings. The molecule has 0 aliphatic carbocycles. The monoisotopic (exact) mass is 195 g/mol. The van der Waals surface area contributed by atoms with Gasteiger partial charge in [0.25, 0.3) is 0 Å². The fourth-order valence-electron chi connectivity index (χ4n) is 1.01. The normalized spacial score (nSPS) is 10.1. The third kappa shape index (κ3) is 1.36. The van der Waals surface area contributed by atoms with E-state index in [2.05, 4.69) is 10.4 Å². The van der Waals surface area contributed by atoms with Crippen LogP contribution in [0.5, 0.6) is 0 Å². The van der Waals surface area contributed by atoms with Gasteiger partial charge in [-0.25, -0.2) is 0 Å². The lowest BCUT2D eigenvalue weighted by atomic mass is 10.2. The maximum Gasteiger partial charge on any atom is 0.0515 e. The molecule has 0 N–H and O–H groups in total. The van der Waals surface area contributed by atoms with E-state index in [0.717, 1.165) is 16.1 Å². The van der Waals surface area contributed by atoms with Gasteiger partial charge in [0.1, 0.15) is 0 Å². The van der Waals surface area contributed by atoms with Crippen LogP contribution in [0.4, 0.5) is 0 Å². The Labute approximate surface area is 79.7 Å². The first kappa shape index (κ1) is 7.77. The second-order valence-electron chi connectivity index (χ2n) is 2.37. The van der Waals surface area contributed by atoms with Gasteiger partial charge in [0.2, 0.25) is 0 Å². The van der Waals surface area contributed by atoms with Crippen LogP contribution in [0.3, 0.4) is 0 Å². The van der Waals surface area contributed by atoms with Crippen molar-refractivity contribution in [2.24, 2.45) is 0 Å². The van der Waals surface area contributed by atoms with Crippen molar-refractivity contribution in [3.8, 4) is 11.1 Å². The lowest BCUT2D eigenvalue weighted by Crippen LogP contribution is -1.77. The molecular formula is C9H6ClNS. The molecule has 0 bridgehead atoms. The Morgan fingerprint density at radius 1 is 1.33 bits per heavy atom. The molecule has 1 nitrogen and oxygen atoms in total. The van der Waals surface area contributed by atoms with Crippen molar-refractivity contribution in [3.05, 3.63) is 40.3 Å². The van der Waals surface area contributed by atoms with Gasteiger partial charge >= 0.3 is 0 Å². The van der Waals surface area contributed by atoms with E-state index in [1.54, 1.807) is 29.8 Å². The van der Waals surface area contributed by atoms with Crippen LogP contribution in [0.25, 0.3) is 11.1 Å². The Morgan fingerprint density at radius 2 is 2.25 bits per heavy atom. The van der Waals surface area contributed by atoms with Gasteiger partial charge in [0, 0.05) is 18.0 Å². The molecule has 3 heteroatoms. The van der Waals surface area contributed by atoms with Crippen molar-refractivity contribution < 1.29 is 0 Å². The number of hydrogen-bond donors (Lipinski definition) is 0. The van der Waals surface area contributed by atoms with E-state index in [1.807, 2.05) is 11.4 Å². The maximum atomic E-state index is 5.98. The SMILES string of the molecule is Clc1ccncc1-c1ccsc1. The third-order valence-electron chi connectivity index (χ3n) is 1.60. The first-order valence-corrected chi connectivity index (χ1v) is 4.82. The van der Waals surface area contributed by atoms with Crippen LogP contribution in [0, 0.1) is 0 Å². The van der Waals surface area contributed by atoms with Gasteiger partial charge in [0.15, 0.2) is 0 Å². The summed E-state index contributed by atoms with van der Waals surface area (Å²) in [6.45, 7) is 0. The number of thiophene rings is 1. The molecule has 0 aliphatic heterocycles. The van der Waals surface area contributed by atoms with Crippen molar-refractivity contribution in [3.63, 3.8) is 0 Å². The minimum Gasteiger partial charge on any atom is -0.264 e. The van der Waals surface area contributed by atoms with Crippen LogP contribution in [0.2, 0.25) is 5.02 Å². The van der Waals surface area contributed by atoms with E-state index in [1.165, 1.54) is 0 Å². The minimum atomic E-state index is 0.753. The zero-order valence-corrected chi connectivity index (χ0v) is 7.77. The molecule has 0 atom stereocenters. The summed E-state index contributed by atoms with van der Waals surface area (Å²) in [4.78, 5) is 4.02. The summed E-state index contributed by atoms with van der Waals surface area (Å²) in [5, 5.41) is 4.84. The molecule has 2 aromatic heterocycles. The zero-order valence-electron chi connectivity index (χ0n) is 6.20. The highest BCUT2D eigenvalue weighted by Gasteiger charge is 2.01. The topological polar surface area (TPSA) is 12.9 Å². The number of halogens is 1. The number of hydrogen-bond acceptors (Lipinski definition) is 2. The zero-order chi connectivity index (χ0) is 8.39. The van der Waals surface area contributed by atoms with Crippen LogP contribution in [-0.4, -0.2) is 4.98 Å². The molecule has 60 valence electrons. The van der Waals surface area contributed by atoms with E-state index in [4.69, 9.17) is 11.6 Å². The summed E-state index contributed by atoms with van der Waals surface area (Å²) in [7, 11) is 0. The van der Waals surface area contributed by atoms with Gasteiger partial charge in [-0.05, 0) is 28.5 Å². The van der Waals surface area contributed by atoms with Crippen molar-refractivity contribution in [2.45, 2.75) is 0 Å². The Morgan fingerprint density at radius 3 is 2.92 bits per heavy atom. The molecule has 0 aliphatic rings. The average Bonchev–Trinajstić information content (AvgIpc) is 2.57. The lowest BCUT2D eigenvalue weighted by Gasteiger charge is -1.98. The summed E-state index contributed by atoms with van der Waals surface area (Å²) in [6.07, 6.45) is 3.47. The minimum absolute atomic E-state index is 0.753. The van der Waals surface area contributed by atoms with E-state index in [-0.39, 0.29) is 0 Å².